The van der Waals surface area contributed by atoms with Crippen LogP contribution in [0.3, 0.4) is 0 Å². The number of thioether (sulfide) groups is 1. The summed E-state index contributed by atoms with van der Waals surface area (Å²) in [6.45, 7) is 8.46. The summed E-state index contributed by atoms with van der Waals surface area (Å²) in [5, 5.41) is 12.3. The Morgan fingerprint density at radius 1 is 1.03 bits per heavy atom. The number of benzene rings is 2. The maximum Gasteiger partial charge on any atom is 0.289 e. The van der Waals surface area contributed by atoms with Crippen molar-refractivity contribution in [3.8, 4) is 0 Å². The van der Waals surface area contributed by atoms with E-state index in [1.807, 2.05) is 40.9 Å². The van der Waals surface area contributed by atoms with E-state index in [2.05, 4.69) is 36.9 Å². The van der Waals surface area contributed by atoms with Crippen LogP contribution in [0, 0.1) is 13.8 Å². The van der Waals surface area contributed by atoms with Crippen LogP contribution in [-0.2, 0) is 12.1 Å². The molecule has 0 atom stereocenters. The van der Waals surface area contributed by atoms with Gasteiger partial charge in [-0.2, -0.15) is 11.8 Å². The van der Waals surface area contributed by atoms with Crippen molar-refractivity contribution in [2.24, 2.45) is 0 Å². The van der Waals surface area contributed by atoms with E-state index >= 15 is 0 Å². The van der Waals surface area contributed by atoms with E-state index in [-0.39, 0.29) is 5.91 Å². The van der Waals surface area contributed by atoms with Crippen molar-refractivity contribution >= 4 is 28.6 Å². The predicted molar refractivity (Wildman–Crippen MR) is 134 cm³/mol. The standard InChI is InChI=1S/C27H32N2O3S/c1-19-3-4-21(20(2)15-19)18-28-9-7-27(31,8-10-28)23-5-6-24-22(16-23)17-25(32-24)26(30)29-11-13-33-14-12-29/h3-6,15-17,31H,7-14,18H2,1-2H3. The lowest BCUT2D eigenvalue weighted by Crippen LogP contribution is -2.42. The van der Waals surface area contributed by atoms with Crippen molar-refractivity contribution in [3.05, 3.63) is 70.5 Å². The Labute approximate surface area is 199 Å². The fourth-order valence-electron chi connectivity index (χ4n) is 4.99. The summed E-state index contributed by atoms with van der Waals surface area (Å²) >= 11 is 1.88. The molecule has 1 aromatic heterocycles. The van der Waals surface area contributed by atoms with Crippen LogP contribution < -0.4 is 0 Å². The smallest absolute Gasteiger partial charge is 0.289 e. The van der Waals surface area contributed by atoms with Crippen LogP contribution in [0.4, 0.5) is 0 Å². The van der Waals surface area contributed by atoms with Crippen LogP contribution in [-0.4, -0.2) is 58.5 Å². The first-order valence-electron chi connectivity index (χ1n) is 11.8. The summed E-state index contributed by atoms with van der Waals surface area (Å²) in [7, 11) is 0. The van der Waals surface area contributed by atoms with Crippen LogP contribution in [0.25, 0.3) is 11.0 Å². The van der Waals surface area contributed by atoms with E-state index in [4.69, 9.17) is 4.42 Å². The van der Waals surface area contributed by atoms with Crippen molar-refractivity contribution in [2.75, 3.05) is 37.7 Å². The predicted octanol–water partition coefficient (Wildman–Crippen LogP) is 4.72. The zero-order valence-electron chi connectivity index (χ0n) is 19.5. The number of hydrogen-bond acceptors (Lipinski definition) is 5. The first-order valence-corrected chi connectivity index (χ1v) is 13.0. The third-order valence-electron chi connectivity index (χ3n) is 7.14. The number of hydrogen-bond donors (Lipinski definition) is 1. The molecule has 33 heavy (non-hydrogen) atoms. The highest BCUT2D eigenvalue weighted by Crippen LogP contribution is 2.35. The minimum atomic E-state index is -0.849. The summed E-state index contributed by atoms with van der Waals surface area (Å²) < 4.78 is 5.87. The van der Waals surface area contributed by atoms with Gasteiger partial charge in [-0.1, -0.05) is 29.8 Å². The molecule has 174 valence electrons. The minimum absolute atomic E-state index is 0.0357. The van der Waals surface area contributed by atoms with E-state index < -0.39 is 5.60 Å². The number of piperidine rings is 1. The van der Waals surface area contributed by atoms with E-state index in [0.29, 0.717) is 24.2 Å². The Balaban J connectivity index is 1.28. The van der Waals surface area contributed by atoms with E-state index in [0.717, 1.165) is 55.2 Å². The lowest BCUT2D eigenvalue weighted by molar-refractivity contribution is -0.0276. The van der Waals surface area contributed by atoms with Gasteiger partial charge in [0.15, 0.2) is 5.76 Å². The molecule has 2 aliphatic heterocycles. The number of carbonyl (C=O) groups is 1. The Bertz CT molecular complexity index is 1160. The molecular weight excluding hydrogens is 432 g/mol. The molecule has 3 aromatic rings. The number of nitrogens with zero attached hydrogens (tertiary/aromatic N) is 2. The van der Waals surface area contributed by atoms with Gasteiger partial charge in [0.05, 0.1) is 5.60 Å². The minimum Gasteiger partial charge on any atom is -0.451 e. The molecule has 3 heterocycles. The summed E-state index contributed by atoms with van der Waals surface area (Å²) in [5.41, 5.74) is 4.74. The molecule has 0 aliphatic carbocycles. The highest BCUT2D eigenvalue weighted by molar-refractivity contribution is 7.99. The topological polar surface area (TPSA) is 56.9 Å². The second-order valence-electron chi connectivity index (χ2n) is 9.51. The van der Waals surface area contributed by atoms with Gasteiger partial charge < -0.3 is 14.4 Å². The molecule has 0 spiro atoms. The van der Waals surface area contributed by atoms with Crippen molar-refractivity contribution in [2.45, 2.75) is 38.8 Å². The maximum absolute atomic E-state index is 12.8. The van der Waals surface area contributed by atoms with Gasteiger partial charge in [-0.15, -0.1) is 0 Å². The van der Waals surface area contributed by atoms with Gasteiger partial charge >= 0.3 is 0 Å². The number of rotatable bonds is 4. The Morgan fingerprint density at radius 2 is 1.79 bits per heavy atom. The summed E-state index contributed by atoms with van der Waals surface area (Å²) in [5.74, 6) is 2.31. The number of aryl methyl sites for hydroxylation is 2. The Morgan fingerprint density at radius 3 is 2.52 bits per heavy atom. The van der Waals surface area contributed by atoms with Gasteiger partial charge in [0.2, 0.25) is 0 Å². The zero-order chi connectivity index (χ0) is 23.0. The zero-order valence-corrected chi connectivity index (χ0v) is 20.3. The van der Waals surface area contributed by atoms with Crippen LogP contribution in [0.15, 0.2) is 46.9 Å². The largest absolute Gasteiger partial charge is 0.451 e. The number of amides is 1. The van der Waals surface area contributed by atoms with Crippen LogP contribution in [0.1, 0.15) is 45.7 Å². The molecule has 5 rings (SSSR count). The van der Waals surface area contributed by atoms with Crippen LogP contribution >= 0.6 is 11.8 Å². The molecule has 1 N–H and O–H groups in total. The summed E-state index contributed by atoms with van der Waals surface area (Å²) in [4.78, 5) is 17.1. The van der Waals surface area contributed by atoms with Crippen molar-refractivity contribution in [3.63, 3.8) is 0 Å². The average Bonchev–Trinajstić information content (AvgIpc) is 3.26. The molecule has 0 bridgehead atoms. The first-order chi connectivity index (χ1) is 15.9. The molecule has 6 heteroatoms. The molecule has 1 amide bonds. The van der Waals surface area contributed by atoms with E-state index in [1.54, 1.807) is 0 Å². The molecule has 2 saturated heterocycles. The van der Waals surface area contributed by atoms with Crippen molar-refractivity contribution in [1.82, 2.24) is 9.80 Å². The van der Waals surface area contributed by atoms with Crippen LogP contribution in [0.2, 0.25) is 0 Å². The second kappa shape index (κ2) is 9.16. The van der Waals surface area contributed by atoms with E-state index in [9.17, 15) is 9.90 Å². The molecule has 2 fully saturated rings. The molecular formula is C27H32N2O3S. The van der Waals surface area contributed by atoms with Gasteiger partial charge in [-0.05, 0) is 61.6 Å². The molecule has 0 saturated carbocycles. The molecule has 2 aromatic carbocycles. The quantitative estimate of drug-likeness (QED) is 0.605. The Hall–Kier alpha value is -2.28. The van der Waals surface area contributed by atoms with Crippen molar-refractivity contribution < 1.29 is 14.3 Å². The fraction of sp³-hybridized carbons (Fsp3) is 0.444. The number of fused-ring (bicyclic) bond motifs is 1. The molecule has 0 radical (unpaired) electrons. The lowest BCUT2D eigenvalue weighted by Gasteiger charge is -2.38. The normalized spacial score (nSPS) is 19.2. The number of carbonyl (C=O) groups excluding carboxylic acids is 1. The maximum atomic E-state index is 12.8. The third-order valence-corrected chi connectivity index (χ3v) is 8.08. The van der Waals surface area contributed by atoms with Crippen molar-refractivity contribution in [1.29, 1.82) is 0 Å². The van der Waals surface area contributed by atoms with Crippen LogP contribution in [0.5, 0.6) is 0 Å². The highest BCUT2D eigenvalue weighted by atomic mass is 32.2. The fourth-order valence-corrected chi connectivity index (χ4v) is 5.90. The summed E-state index contributed by atoms with van der Waals surface area (Å²) in [6, 6.07) is 14.3. The SMILES string of the molecule is Cc1ccc(CN2CCC(O)(c3ccc4oc(C(=O)N5CCSCC5)cc4c3)CC2)c(C)c1. The van der Waals surface area contributed by atoms with E-state index in [1.165, 1.54) is 16.7 Å². The highest BCUT2D eigenvalue weighted by Gasteiger charge is 2.34. The average molecular weight is 465 g/mol. The van der Waals surface area contributed by atoms with Gasteiger partial charge in [0.25, 0.3) is 5.91 Å². The molecule has 5 nitrogen and oxygen atoms in total. The number of likely N-dealkylation sites (tertiary alicyclic amines) is 1. The number of aliphatic hydroxyl groups is 1. The van der Waals surface area contributed by atoms with Gasteiger partial charge in [0, 0.05) is 49.6 Å². The van der Waals surface area contributed by atoms with Gasteiger partial charge in [-0.3, -0.25) is 9.69 Å². The second-order valence-corrected chi connectivity index (χ2v) is 10.7. The molecule has 0 unspecified atom stereocenters. The van der Waals surface area contributed by atoms with Gasteiger partial charge in [-0.25, -0.2) is 0 Å². The third kappa shape index (κ3) is 4.70. The van der Waals surface area contributed by atoms with Gasteiger partial charge in [0.1, 0.15) is 5.58 Å². The lowest BCUT2D eigenvalue weighted by atomic mass is 9.84. The monoisotopic (exact) mass is 464 g/mol. The molecule has 2 aliphatic rings. The Kier molecular flexibility index (Phi) is 6.25. The first kappa shape index (κ1) is 22.5. The summed E-state index contributed by atoms with van der Waals surface area (Å²) in [6.07, 6.45) is 1.39. The number of furan rings is 1.